The summed E-state index contributed by atoms with van der Waals surface area (Å²) in [5.41, 5.74) is 0. The van der Waals surface area contributed by atoms with Gasteiger partial charge in [0.25, 0.3) is 0 Å². The van der Waals surface area contributed by atoms with Crippen molar-refractivity contribution in [2.45, 2.75) is 73.8 Å². The molecule has 8 N–H and O–H groups in total. The van der Waals surface area contributed by atoms with E-state index in [1.54, 1.807) is 0 Å². The molecular weight excluding hydrogens is 404 g/mol. The van der Waals surface area contributed by atoms with E-state index in [1.807, 2.05) is 0 Å². The van der Waals surface area contributed by atoms with Gasteiger partial charge in [-0.25, -0.2) is 4.89 Å². The summed E-state index contributed by atoms with van der Waals surface area (Å²) in [6.07, 6.45) is -15.9. The highest BCUT2D eigenvalue weighted by Crippen LogP contribution is 2.28. The van der Waals surface area contributed by atoms with Gasteiger partial charge >= 0.3 is 0 Å². The van der Waals surface area contributed by atoms with Crippen LogP contribution >= 0.6 is 0 Å². The Balaban J connectivity index is 1.48. The van der Waals surface area contributed by atoms with E-state index < -0.39 is 80.4 Å². The maximum atomic E-state index is 10.1. The van der Waals surface area contributed by atoms with Crippen molar-refractivity contribution in [3.8, 4) is 0 Å². The molecule has 0 aromatic rings. The lowest BCUT2D eigenvalue weighted by Gasteiger charge is -2.21. The van der Waals surface area contributed by atoms with Gasteiger partial charge in [0.15, 0.2) is 25.0 Å². The molecule has 3 heterocycles. The molecule has 3 rings (SSSR count). The lowest BCUT2D eigenvalue weighted by atomic mass is 10.1. The first-order chi connectivity index (χ1) is 13.8. The zero-order valence-corrected chi connectivity index (χ0v) is 15.1. The summed E-state index contributed by atoms with van der Waals surface area (Å²) in [4.78, 5) is 4.11. The second-order valence-electron chi connectivity index (χ2n) is 7.02. The topological polar surface area (TPSA) is 217 Å². The molecule has 3 aliphatic heterocycles. The Kier molecular flexibility index (Phi) is 7.74. The minimum atomic E-state index is -1.58. The summed E-state index contributed by atoms with van der Waals surface area (Å²) in [6.45, 7) is -1.25. The maximum Gasteiger partial charge on any atom is 0.190 e. The molecule has 14 nitrogen and oxygen atoms in total. The Morgan fingerprint density at radius 2 is 1.17 bits per heavy atom. The molecule has 0 spiro atoms. The molecule has 0 aliphatic carbocycles. The second-order valence-corrected chi connectivity index (χ2v) is 7.02. The fraction of sp³-hybridized carbons (Fsp3) is 1.00. The van der Waals surface area contributed by atoms with Gasteiger partial charge in [-0.3, -0.25) is 5.26 Å². The Morgan fingerprint density at radius 1 is 0.621 bits per heavy atom. The number of aliphatic hydroxyl groups excluding tert-OH is 7. The molecular formula is C15H26O14. The van der Waals surface area contributed by atoms with Gasteiger partial charge in [0.05, 0.1) is 19.8 Å². The van der Waals surface area contributed by atoms with E-state index in [1.165, 1.54) is 0 Å². The third-order valence-corrected chi connectivity index (χ3v) is 5.10. The largest absolute Gasteiger partial charge is 0.394 e. The summed E-state index contributed by atoms with van der Waals surface area (Å²) in [5, 5.41) is 76.5. The van der Waals surface area contributed by atoms with E-state index in [0.29, 0.717) is 0 Å². The quantitative estimate of drug-likeness (QED) is 0.133. The average Bonchev–Trinajstić information content (AvgIpc) is 3.26. The molecule has 0 saturated carbocycles. The highest BCUT2D eigenvalue weighted by Gasteiger charge is 2.49. The third kappa shape index (κ3) is 4.70. The molecule has 0 aromatic heterocycles. The van der Waals surface area contributed by atoms with Crippen molar-refractivity contribution in [3.05, 3.63) is 0 Å². The van der Waals surface area contributed by atoms with Crippen molar-refractivity contribution in [2.24, 2.45) is 0 Å². The Bertz CT molecular complexity index is 523. The summed E-state index contributed by atoms with van der Waals surface area (Å²) >= 11 is 0. The van der Waals surface area contributed by atoms with E-state index in [2.05, 4.69) is 4.89 Å². The van der Waals surface area contributed by atoms with E-state index >= 15 is 0 Å². The number of hydrogen-bond acceptors (Lipinski definition) is 14. The smallest absolute Gasteiger partial charge is 0.190 e. The lowest BCUT2D eigenvalue weighted by molar-refractivity contribution is -0.325. The van der Waals surface area contributed by atoms with Crippen LogP contribution in [-0.4, -0.2) is 135 Å². The summed E-state index contributed by atoms with van der Waals surface area (Å²) in [7, 11) is 0. The van der Waals surface area contributed by atoms with Gasteiger partial charge in [-0.2, -0.15) is 0 Å². The van der Waals surface area contributed by atoms with Gasteiger partial charge in [-0.15, -0.1) is 0 Å². The van der Waals surface area contributed by atoms with Crippen LogP contribution in [0.2, 0.25) is 0 Å². The fourth-order valence-corrected chi connectivity index (χ4v) is 3.34. The molecule has 12 atom stereocenters. The molecule has 14 heteroatoms. The van der Waals surface area contributed by atoms with Crippen molar-refractivity contribution >= 4 is 0 Å². The molecule has 3 fully saturated rings. The van der Waals surface area contributed by atoms with Crippen LogP contribution in [0.3, 0.4) is 0 Å². The third-order valence-electron chi connectivity index (χ3n) is 5.10. The minimum absolute atomic E-state index is 0.353. The number of aliphatic hydroxyl groups is 7. The van der Waals surface area contributed by atoms with Gasteiger partial charge in [0.1, 0.15) is 48.8 Å². The minimum Gasteiger partial charge on any atom is -0.394 e. The van der Waals surface area contributed by atoms with Crippen molar-refractivity contribution < 1.29 is 69.6 Å². The highest BCUT2D eigenvalue weighted by molar-refractivity contribution is 4.91. The maximum absolute atomic E-state index is 10.1. The monoisotopic (exact) mass is 430 g/mol. The first kappa shape index (κ1) is 23.1. The van der Waals surface area contributed by atoms with Crippen LogP contribution in [0.5, 0.6) is 0 Å². The summed E-state index contributed by atoms with van der Waals surface area (Å²) in [6, 6.07) is 0. The molecule has 0 bridgehead atoms. The second kappa shape index (κ2) is 9.71. The predicted molar refractivity (Wildman–Crippen MR) is 84.7 cm³/mol. The molecule has 29 heavy (non-hydrogen) atoms. The number of ether oxygens (including phenoxy) is 5. The van der Waals surface area contributed by atoms with E-state index in [4.69, 9.17) is 34.0 Å². The molecule has 3 saturated heterocycles. The Morgan fingerprint density at radius 3 is 1.72 bits per heavy atom. The fourth-order valence-electron chi connectivity index (χ4n) is 3.34. The van der Waals surface area contributed by atoms with Gasteiger partial charge in [-0.05, 0) is 0 Å². The lowest BCUT2D eigenvalue weighted by Crippen LogP contribution is -2.39. The standard InChI is InChI=1S/C15H26O14/c16-1-4-9(19)12(29-23)15(27-4)25-3-6-8(18)11(21)14(28-6)24-2-5-7(17)10(20)13(22)26-5/h4-23H,1-3H2/t4-,5-,6-,7-,8-,9-,10+,11+,12+,13+,14+,15+/m0/s1. The van der Waals surface area contributed by atoms with Crippen LogP contribution in [0.1, 0.15) is 0 Å². The van der Waals surface area contributed by atoms with Crippen LogP contribution in [0.15, 0.2) is 0 Å². The van der Waals surface area contributed by atoms with Gasteiger partial charge < -0.3 is 59.4 Å². The molecule has 0 aromatic carbocycles. The van der Waals surface area contributed by atoms with Crippen molar-refractivity contribution in [1.29, 1.82) is 0 Å². The molecule has 3 aliphatic rings. The molecule has 0 amide bonds. The van der Waals surface area contributed by atoms with Crippen LogP contribution in [0.25, 0.3) is 0 Å². The first-order valence-electron chi connectivity index (χ1n) is 8.97. The van der Waals surface area contributed by atoms with Crippen LogP contribution < -0.4 is 0 Å². The van der Waals surface area contributed by atoms with Crippen molar-refractivity contribution in [3.63, 3.8) is 0 Å². The predicted octanol–water partition coefficient (Wildman–Crippen LogP) is -5.16. The Hall–Kier alpha value is -0.560. The molecule has 170 valence electrons. The Labute approximate surface area is 164 Å². The zero-order chi connectivity index (χ0) is 21.3. The van der Waals surface area contributed by atoms with Crippen molar-refractivity contribution in [2.75, 3.05) is 19.8 Å². The molecule has 0 radical (unpaired) electrons. The van der Waals surface area contributed by atoms with E-state index in [0.717, 1.165) is 0 Å². The summed E-state index contributed by atoms with van der Waals surface area (Å²) in [5.74, 6) is 0. The van der Waals surface area contributed by atoms with Gasteiger partial charge in [0, 0.05) is 0 Å². The van der Waals surface area contributed by atoms with Crippen LogP contribution in [0.4, 0.5) is 0 Å². The summed E-state index contributed by atoms with van der Waals surface area (Å²) < 4.78 is 26.1. The zero-order valence-electron chi connectivity index (χ0n) is 15.1. The van der Waals surface area contributed by atoms with Gasteiger partial charge in [0.2, 0.25) is 0 Å². The number of hydrogen-bond donors (Lipinski definition) is 8. The first-order valence-corrected chi connectivity index (χ1v) is 8.97. The normalized spacial score (nSPS) is 50.5. The van der Waals surface area contributed by atoms with Crippen LogP contribution in [0, 0.1) is 0 Å². The van der Waals surface area contributed by atoms with Crippen molar-refractivity contribution in [1.82, 2.24) is 0 Å². The van der Waals surface area contributed by atoms with E-state index in [-0.39, 0.29) is 13.2 Å². The highest BCUT2D eigenvalue weighted by atomic mass is 17.1. The molecule has 0 unspecified atom stereocenters. The van der Waals surface area contributed by atoms with Gasteiger partial charge in [-0.1, -0.05) is 0 Å². The SMILES string of the molecule is OC[C@@H]1O[C@@H](OC[C@@H]2O[C@@H](OC[C@@H]3O[C@@H](O)[C@H](O)[C@H]3O)[C@H](O)[C@H]2O)[C@H](OO)[C@H]1O. The average molecular weight is 430 g/mol. The number of rotatable bonds is 8. The van der Waals surface area contributed by atoms with Crippen LogP contribution in [-0.2, 0) is 28.6 Å². The van der Waals surface area contributed by atoms with E-state index in [9.17, 15) is 30.6 Å².